The summed E-state index contributed by atoms with van der Waals surface area (Å²) in [6, 6.07) is 10.7. The fourth-order valence-corrected chi connectivity index (χ4v) is 2.41. The average molecular weight is 354 g/mol. The zero-order chi connectivity index (χ0) is 18.5. The lowest BCUT2D eigenvalue weighted by atomic mass is 10.2. The highest BCUT2D eigenvalue weighted by Gasteiger charge is 2.12. The minimum atomic E-state index is 0.384. The summed E-state index contributed by atoms with van der Waals surface area (Å²) < 4.78 is 21.0. The fourth-order valence-electron chi connectivity index (χ4n) is 2.41. The summed E-state index contributed by atoms with van der Waals surface area (Å²) in [6.45, 7) is 0. The lowest BCUT2D eigenvalue weighted by Crippen LogP contribution is -2.00. The van der Waals surface area contributed by atoms with Crippen molar-refractivity contribution in [2.45, 2.75) is 0 Å². The molecule has 0 aliphatic carbocycles. The number of methoxy groups -OCH3 is 4. The number of rotatable bonds is 6. The van der Waals surface area contributed by atoms with Crippen LogP contribution in [0.15, 0.2) is 36.4 Å². The molecule has 0 amide bonds. The first-order valence-corrected chi connectivity index (χ1v) is 7.72. The van der Waals surface area contributed by atoms with E-state index in [1.54, 1.807) is 52.7 Å². The van der Waals surface area contributed by atoms with Crippen LogP contribution in [0.4, 0.5) is 0 Å². The fraction of sp³-hybridized carbons (Fsp3) is 0.222. The quantitative estimate of drug-likeness (QED) is 0.667. The van der Waals surface area contributed by atoms with Gasteiger partial charge in [0.15, 0.2) is 23.0 Å². The number of nitrogens with zero attached hydrogens (tertiary/aromatic N) is 4. The third-order valence-corrected chi connectivity index (χ3v) is 3.76. The van der Waals surface area contributed by atoms with Crippen LogP contribution in [0.2, 0.25) is 0 Å². The highest BCUT2D eigenvalue weighted by atomic mass is 16.5. The van der Waals surface area contributed by atoms with E-state index in [0.29, 0.717) is 34.6 Å². The van der Waals surface area contributed by atoms with Crippen molar-refractivity contribution < 1.29 is 18.9 Å². The third-order valence-electron chi connectivity index (χ3n) is 3.76. The lowest BCUT2D eigenvalue weighted by molar-refractivity contribution is 0.355. The topological polar surface area (TPSA) is 88.5 Å². The number of ether oxygens (including phenoxy) is 4. The molecule has 0 unspecified atom stereocenters. The molecule has 0 radical (unpaired) electrons. The molecule has 8 heteroatoms. The van der Waals surface area contributed by atoms with Crippen LogP contribution in [0.1, 0.15) is 0 Å². The van der Waals surface area contributed by atoms with Gasteiger partial charge >= 0.3 is 0 Å². The van der Waals surface area contributed by atoms with Gasteiger partial charge in [0.25, 0.3) is 0 Å². The van der Waals surface area contributed by atoms with Gasteiger partial charge in [-0.05, 0) is 36.4 Å². The van der Waals surface area contributed by atoms with Crippen LogP contribution < -0.4 is 18.9 Å². The van der Waals surface area contributed by atoms with Crippen molar-refractivity contribution >= 4 is 0 Å². The highest BCUT2D eigenvalue weighted by molar-refractivity contribution is 5.63. The Labute approximate surface area is 150 Å². The highest BCUT2D eigenvalue weighted by Crippen LogP contribution is 2.32. The van der Waals surface area contributed by atoms with Crippen molar-refractivity contribution in [1.29, 1.82) is 0 Å². The number of hydrogen-bond acceptors (Lipinski definition) is 8. The zero-order valence-corrected chi connectivity index (χ0v) is 14.9. The van der Waals surface area contributed by atoms with Gasteiger partial charge in [0, 0.05) is 11.1 Å². The minimum Gasteiger partial charge on any atom is -0.493 e. The minimum absolute atomic E-state index is 0.384. The number of aromatic nitrogens is 4. The molecule has 0 saturated carbocycles. The third kappa shape index (κ3) is 3.34. The summed E-state index contributed by atoms with van der Waals surface area (Å²) in [5.74, 6) is 3.18. The molecule has 1 heterocycles. The molecule has 8 nitrogen and oxygen atoms in total. The Balaban J connectivity index is 1.92. The average Bonchev–Trinajstić information content (AvgIpc) is 2.72. The zero-order valence-electron chi connectivity index (χ0n) is 14.9. The molecule has 0 aliphatic rings. The first kappa shape index (κ1) is 17.4. The van der Waals surface area contributed by atoms with Crippen LogP contribution >= 0.6 is 0 Å². The Morgan fingerprint density at radius 3 is 1.15 bits per heavy atom. The normalized spacial score (nSPS) is 10.3. The van der Waals surface area contributed by atoms with Crippen LogP contribution in [0.5, 0.6) is 23.0 Å². The maximum atomic E-state index is 5.29. The molecule has 1 aromatic heterocycles. The monoisotopic (exact) mass is 354 g/mol. The predicted octanol–water partition coefficient (Wildman–Crippen LogP) is 2.64. The molecule has 0 fully saturated rings. The van der Waals surface area contributed by atoms with Gasteiger partial charge in [0.05, 0.1) is 28.4 Å². The number of hydrogen-bond donors (Lipinski definition) is 0. The molecule has 0 spiro atoms. The van der Waals surface area contributed by atoms with E-state index in [2.05, 4.69) is 20.4 Å². The second-order valence-electron chi connectivity index (χ2n) is 5.19. The van der Waals surface area contributed by atoms with Gasteiger partial charge in [-0.25, -0.2) is 0 Å². The van der Waals surface area contributed by atoms with E-state index in [1.165, 1.54) is 0 Å². The smallest absolute Gasteiger partial charge is 0.203 e. The summed E-state index contributed by atoms with van der Waals surface area (Å²) in [6.07, 6.45) is 0. The standard InChI is InChI=1S/C18H18N4O4/c1-23-13-7-5-11(9-15(13)25-3)17-19-21-18(22-20-17)12-6-8-14(24-2)16(10-12)26-4/h5-10H,1-4H3. The van der Waals surface area contributed by atoms with Gasteiger partial charge in [-0.1, -0.05) is 0 Å². The predicted molar refractivity (Wildman–Crippen MR) is 94.7 cm³/mol. The SMILES string of the molecule is COc1ccc(-c2nnc(-c3ccc(OC)c(OC)c3)nn2)cc1OC. The van der Waals surface area contributed by atoms with Gasteiger partial charge in [-0.3, -0.25) is 0 Å². The molecule has 2 aromatic carbocycles. The van der Waals surface area contributed by atoms with Crippen LogP contribution in [0, 0.1) is 0 Å². The summed E-state index contributed by atoms with van der Waals surface area (Å²) in [4.78, 5) is 0. The summed E-state index contributed by atoms with van der Waals surface area (Å²) in [5.41, 5.74) is 1.45. The Morgan fingerprint density at radius 2 is 0.846 bits per heavy atom. The summed E-state index contributed by atoms with van der Waals surface area (Å²) in [7, 11) is 6.29. The number of benzene rings is 2. The van der Waals surface area contributed by atoms with Crippen molar-refractivity contribution in [1.82, 2.24) is 20.4 Å². The molecule has 3 aromatic rings. The summed E-state index contributed by atoms with van der Waals surface area (Å²) in [5, 5.41) is 16.6. The Bertz CT molecular complexity index is 826. The van der Waals surface area contributed by atoms with Crippen molar-refractivity contribution in [2.24, 2.45) is 0 Å². The Kier molecular flexibility index (Phi) is 5.12. The Morgan fingerprint density at radius 1 is 0.500 bits per heavy atom. The lowest BCUT2D eigenvalue weighted by Gasteiger charge is -2.09. The second kappa shape index (κ2) is 7.64. The first-order chi connectivity index (χ1) is 12.7. The van der Waals surface area contributed by atoms with Crippen molar-refractivity contribution in [3.63, 3.8) is 0 Å². The van der Waals surface area contributed by atoms with Crippen LogP contribution in [0.3, 0.4) is 0 Å². The maximum absolute atomic E-state index is 5.29. The van der Waals surface area contributed by atoms with E-state index < -0.39 is 0 Å². The molecule has 0 N–H and O–H groups in total. The molecular formula is C18H18N4O4. The largest absolute Gasteiger partial charge is 0.493 e. The van der Waals surface area contributed by atoms with E-state index in [9.17, 15) is 0 Å². The van der Waals surface area contributed by atoms with Gasteiger partial charge in [-0.2, -0.15) is 0 Å². The van der Waals surface area contributed by atoms with Crippen molar-refractivity contribution in [3.05, 3.63) is 36.4 Å². The maximum Gasteiger partial charge on any atom is 0.203 e. The summed E-state index contributed by atoms with van der Waals surface area (Å²) >= 11 is 0. The molecule has 0 bridgehead atoms. The first-order valence-electron chi connectivity index (χ1n) is 7.72. The van der Waals surface area contributed by atoms with Crippen molar-refractivity contribution in [3.8, 4) is 45.8 Å². The van der Waals surface area contributed by atoms with E-state index in [1.807, 2.05) is 12.1 Å². The molecule has 3 rings (SSSR count). The van der Waals surface area contributed by atoms with E-state index in [4.69, 9.17) is 18.9 Å². The molecule has 134 valence electrons. The van der Waals surface area contributed by atoms with Crippen molar-refractivity contribution in [2.75, 3.05) is 28.4 Å². The van der Waals surface area contributed by atoms with Gasteiger partial charge in [-0.15, -0.1) is 20.4 Å². The van der Waals surface area contributed by atoms with Crippen LogP contribution in [-0.4, -0.2) is 48.8 Å². The second-order valence-corrected chi connectivity index (χ2v) is 5.19. The van der Waals surface area contributed by atoms with Gasteiger partial charge in [0.2, 0.25) is 11.6 Å². The van der Waals surface area contributed by atoms with E-state index in [-0.39, 0.29) is 0 Å². The molecular weight excluding hydrogens is 336 g/mol. The molecule has 0 atom stereocenters. The van der Waals surface area contributed by atoms with Crippen LogP contribution in [0.25, 0.3) is 22.8 Å². The van der Waals surface area contributed by atoms with E-state index >= 15 is 0 Å². The molecule has 0 saturated heterocycles. The molecule has 26 heavy (non-hydrogen) atoms. The molecule has 0 aliphatic heterocycles. The van der Waals surface area contributed by atoms with Gasteiger partial charge in [0.1, 0.15) is 0 Å². The van der Waals surface area contributed by atoms with Crippen LogP contribution in [-0.2, 0) is 0 Å². The van der Waals surface area contributed by atoms with E-state index in [0.717, 1.165) is 11.1 Å². The Hall–Kier alpha value is -3.42. The van der Waals surface area contributed by atoms with Gasteiger partial charge < -0.3 is 18.9 Å².